The van der Waals surface area contributed by atoms with Crippen LogP contribution in [0.2, 0.25) is 5.02 Å². The van der Waals surface area contributed by atoms with Gasteiger partial charge in [-0.1, -0.05) is 35.9 Å². The van der Waals surface area contributed by atoms with Crippen molar-refractivity contribution in [1.82, 2.24) is 5.32 Å². The van der Waals surface area contributed by atoms with E-state index in [2.05, 4.69) is 18.3 Å². The van der Waals surface area contributed by atoms with Gasteiger partial charge in [0.25, 0.3) is 0 Å². The molecule has 1 N–H and O–H groups in total. The van der Waals surface area contributed by atoms with Crippen LogP contribution in [-0.2, 0) is 6.54 Å². The van der Waals surface area contributed by atoms with E-state index in [9.17, 15) is 0 Å². The van der Waals surface area contributed by atoms with Crippen LogP contribution in [0.25, 0.3) is 0 Å². The molecule has 0 saturated carbocycles. The number of benzene rings is 2. The number of unbranched alkanes of at least 4 members (excludes halogenated alkanes) is 1. The van der Waals surface area contributed by atoms with Gasteiger partial charge in [0, 0.05) is 24.0 Å². The van der Waals surface area contributed by atoms with Gasteiger partial charge in [0.15, 0.2) is 11.5 Å². The Kier molecular flexibility index (Phi) is 7.59. The van der Waals surface area contributed by atoms with E-state index in [0.29, 0.717) is 37.5 Å². The number of hydrogen-bond acceptors (Lipinski definition) is 4. The maximum absolute atomic E-state index is 8.60. The number of rotatable bonds is 9. The quantitative estimate of drug-likeness (QED) is 0.649. The van der Waals surface area contributed by atoms with E-state index >= 15 is 0 Å². The lowest BCUT2D eigenvalue weighted by molar-refractivity contribution is 0.290. The maximum Gasteiger partial charge on any atom is 0.161 e. The summed E-state index contributed by atoms with van der Waals surface area (Å²) in [5, 5.41) is 12.8. The van der Waals surface area contributed by atoms with Crippen molar-refractivity contribution in [3.63, 3.8) is 0 Å². The molecule has 0 fully saturated rings. The average molecular weight is 359 g/mol. The molecule has 1 atom stereocenters. The highest BCUT2D eigenvalue weighted by molar-refractivity contribution is 6.31. The van der Waals surface area contributed by atoms with Gasteiger partial charge in [0.2, 0.25) is 0 Å². The van der Waals surface area contributed by atoms with E-state index in [1.165, 1.54) is 0 Å². The minimum absolute atomic E-state index is 0.135. The Morgan fingerprint density at radius 1 is 1.20 bits per heavy atom. The molecule has 0 saturated heterocycles. The number of halogens is 1. The van der Waals surface area contributed by atoms with Gasteiger partial charge >= 0.3 is 0 Å². The highest BCUT2D eigenvalue weighted by Gasteiger charge is 2.10. The van der Waals surface area contributed by atoms with Crippen LogP contribution in [0.15, 0.2) is 42.5 Å². The van der Waals surface area contributed by atoms with Crippen LogP contribution in [0.4, 0.5) is 0 Å². The summed E-state index contributed by atoms with van der Waals surface area (Å²) in [5.74, 6) is 1.39. The monoisotopic (exact) mass is 358 g/mol. The van der Waals surface area contributed by atoms with E-state index in [1.807, 2.05) is 42.5 Å². The fourth-order valence-electron chi connectivity index (χ4n) is 2.48. The van der Waals surface area contributed by atoms with Crippen LogP contribution in [0.1, 0.15) is 36.9 Å². The Hall–Kier alpha value is -2.22. The van der Waals surface area contributed by atoms with Crippen molar-refractivity contribution >= 4 is 11.6 Å². The van der Waals surface area contributed by atoms with Gasteiger partial charge in [-0.3, -0.25) is 0 Å². The first-order valence-corrected chi connectivity index (χ1v) is 8.68. The Labute approximate surface area is 154 Å². The van der Waals surface area contributed by atoms with Crippen molar-refractivity contribution in [3.8, 4) is 17.6 Å². The maximum atomic E-state index is 8.60. The normalized spacial score (nSPS) is 11.6. The molecular formula is C20H23ClN2O2. The summed E-state index contributed by atoms with van der Waals surface area (Å²) in [7, 11) is 1.62. The minimum atomic E-state index is 0.135. The van der Waals surface area contributed by atoms with Gasteiger partial charge in [0.1, 0.15) is 0 Å². The lowest BCUT2D eigenvalue weighted by Crippen LogP contribution is -2.18. The van der Waals surface area contributed by atoms with Crippen LogP contribution < -0.4 is 14.8 Å². The standard InChI is InChI=1S/C20H23ClN2O2/c1-15(17-7-3-4-8-18(17)21)23-14-16-9-10-19(24-2)20(13-16)25-12-6-5-11-22/h3-4,7-10,13,15,23H,5-6,12,14H2,1-2H3. The molecule has 0 radical (unpaired) electrons. The van der Waals surface area contributed by atoms with E-state index in [4.69, 9.17) is 26.3 Å². The second kappa shape index (κ2) is 9.93. The Bertz CT molecular complexity index is 728. The largest absolute Gasteiger partial charge is 0.493 e. The summed E-state index contributed by atoms with van der Waals surface area (Å²) in [6, 6.07) is 16.0. The molecular weight excluding hydrogens is 336 g/mol. The highest BCUT2D eigenvalue weighted by Crippen LogP contribution is 2.29. The molecule has 0 bridgehead atoms. The topological polar surface area (TPSA) is 54.3 Å². The highest BCUT2D eigenvalue weighted by atomic mass is 35.5. The molecule has 0 amide bonds. The molecule has 2 aromatic carbocycles. The van der Waals surface area contributed by atoms with Gasteiger partial charge in [-0.2, -0.15) is 5.26 Å². The zero-order valence-electron chi connectivity index (χ0n) is 14.6. The molecule has 0 aromatic heterocycles. The second-order valence-electron chi connectivity index (χ2n) is 5.72. The summed E-state index contributed by atoms with van der Waals surface area (Å²) in [4.78, 5) is 0. The average Bonchev–Trinajstić information content (AvgIpc) is 2.64. The molecule has 25 heavy (non-hydrogen) atoms. The smallest absolute Gasteiger partial charge is 0.161 e. The molecule has 5 heteroatoms. The molecule has 132 valence electrons. The third kappa shape index (κ3) is 5.67. The van der Waals surface area contributed by atoms with Crippen LogP contribution in [0.3, 0.4) is 0 Å². The number of hydrogen-bond donors (Lipinski definition) is 1. The zero-order chi connectivity index (χ0) is 18.1. The summed E-state index contributed by atoms with van der Waals surface area (Å²) in [6.07, 6.45) is 1.19. The van der Waals surface area contributed by atoms with Gasteiger partial charge in [-0.25, -0.2) is 0 Å². The molecule has 2 aromatic rings. The van der Waals surface area contributed by atoms with Gasteiger partial charge < -0.3 is 14.8 Å². The van der Waals surface area contributed by atoms with Gasteiger partial charge in [-0.15, -0.1) is 0 Å². The van der Waals surface area contributed by atoms with Crippen LogP contribution in [0, 0.1) is 11.3 Å². The number of nitrogens with zero attached hydrogens (tertiary/aromatic N) is 1. The minimum Gasteiger partial charge on any atom is -0.493 e. The third-order valence-electron chi connectivity index (χ3n) is 3.90. The van der Waals surface area contributed by atoms with E-state index in [0.717, 1.165) is 16.1 Å². The molecule has 0 aliphatic rings. The molecule has 4 nitrogen and oxygen atoms in total. The van der Waals surface area contributed by atoms with Crippen molar-refractivity contribution in [1.29, 1.82) is 5.26 Å². The Morgan fingerprint density at radius 2 is 2.00 bits per heavy atom. The summed E-state index contributed by atoms with van der Waals surface area (Å²) < 4.78 is 11.1. The van der Waals surface area contributed by atoms with Crippen molar-refractivity contribution in [3.05, 3.63) is 58.6 Å². The van der Waals surface area contributed by atoms with E-state index in [1.54, 1.807) is 7.11 Å². The lowest BCUT2D eigenvalue weighted by atomic mass is 10.1. The van der Waals surface area contributed by atoms with Gasteiger partial charge in [0.05, 0.1) is 19.8 Å². The predicted octanol–water partition coefficient (Wildman–Crippen LogP) is 4.88. The fourth-order valence-corrected chi connectivity index (χ4v) is 2.78. The summed E-state index contributed by atoms with van der Waals surface area (Å²) in [6.45, 7) is 3.27. The SMILES string of the molecule is COc1ccc(CNC(C)c2ccccc2Cl)cc1OCCCC#N. The number of methoxy groups -OCH3 is 1. The fraction of sp³-hybridized carbons (Fsp3) is 0.350. The van der Waals surface area contributed by atoms with Crippen LogP contribution >= 0.6 is 11.6 Å². The third-order valence-corrected chi connectivity index (χ3v) is 4.25. The van der Waals surface area contributed by atoms with Crippen molar-refractivity contribution < 1.29 is 9.47 Å². The van der Waals surface area contributed by atoms with Crippen LogP contribution in [0.5, 0.6) is 11.5 Å². The number of nitrogens with one attached hydrogen (secondary N) is 1. The summed E-state index contributed by atoms with van der Waals surface area (Å²) in [5.41, 5.74) is 2.17. The van der Waals surface area contributed by atoms with Crippen LogP contribution in [-0.4, -0.2) is 13.7 Å². The molecule has 1 unspecified atom stereocenters. The first kappa shape index (κ1) is 19.1. The van der Waals surface area contributed by atoms with Crippen molar-refractivity contribution in [2.45, 2.75) is 32.4 Å². The van der Waals surface area contributed by atoms with E-state index in [-0.39, 0.29) is 6.04 Å². The zero-order valence-corrected chi connectivity index (χ0v) is 15.3. The molecule has 0 heterocycles. The molecule has 0 aliphatic carbocycles. The molecule has 0 aliphatic heterocycles. The lowest BCUT2D eigenvalue weighted by Gasteiger charge is -2.17. The first-order chi connectivity index (χ1) is 12.2. The summed E-state index contributed by atoms with van der Waals surface area (Å²) >= 11 is 6.25. The number of ether oxygens (including phenoxy) is 2. The Balaban J connectivity index is 1.99. The van der Waals surface area contributed by atoms with Gasteiger partial charge in [-0.05, 0) is 42.7 Å². The second-order valence-corrected chi connectivity index (χ2v) is 6.13. The molecule has 0 spiro atoms. The number of nitriles is 1. The predicted molar refractivity (Wildman–Crippen MR) is 100 cm³/mol. The Morgan fingerprint density at radius 3 is 2.72 bits per heavy atom. The molecule has 2 rings (SSSR count). The first-order valence-electron chi connectivity index (χ1n) is 8.30. The van der Waals surface area contributed by atoms with E-state index < -0.39 is 0 Å². The van der Waals surface area contributed by atoms with Crippen molar-refractivity contribution in [2.75, 3.05) is 13.7 Å². The van der Waals surface area contributed by atoms with Crippen molar-refractivity contribution in [2.24, 2.45) is 0 Å².